The predicted octanol–water partition coefficient (Wildman–Crippen LogP) is 4.39. The molecule has 8 heteroatoms. The Balaban J connectivity index is 1.94. The van der Waals surface area contributed by atoms with Crippen LogP contribution in [0.4, 0.5) is 14.9 Å². The molecule has 0 saturated heterocycles. The van der Waals surface area contributed by atoms with E-state index in [2.05, 4.69) is 10.6 Å². The Morgan fingerprint density at radius 2 is 1.91 bits per heavy atom. The van der Waals surface area contributed by atoms with Gasteiger partial charge in [0.05, 0.1) is 17.7 Å². The Hall–Kier alpha value is -3.68. The van der Waals surface area contributed by atoms with E-state index in [9.17, 15) is 18.8 Å². The fraction of sp³-hybridized carbons (Fsp3) is 0.292. The molecule has 1 unspecified atom stereocenters. The van der Waals surface area contributed by atoms with Crippen molar-refractivity contribution in [2.45, 2.75) is 39.8 Å². The number of nitrogens with one attached hydrogen (secondary N) is 2. The van der Waals surface area contributed by atoms with Crippen molar-refractivity contribution < 1.29 is 23.5 Å². The van der Waals surface area contributed by atoms with Crippen LogP contribution in [0.25, 0.3) is 0 Å². The van der Waals surface area contributed by atoms with E-state index in [1.165, 1.54) is 23.1 Å². The molecule has 0 saturated carbocycles. The number of hydrogen-bond acceptors (Lipinski definition) is 4. The molecule has 0 spiro atoms. The third kappa shape index (κ3) is 4.96. The molecular weight excluding hydrogens is 413 g/mol. The lowest BCUT2D eigenvalue weighted by atomic mass is 9.94. The number of anilines is 1. The molecule has 1 atom stereocenters. The first-order valence-corrected chi connectivity index (χ1v) is 10.4. The van der Waals surface area contributed by atoms with E-state index in [4.69, 9.17) is 4.74 Å². The number of nitrogens with zero attached hydrogens (tertiary/aromatic N) is 1. The lowest BCUT2D eigenvalue weighted by Gasteiger charge is -2.35. The van der Waals surface area contributed by atoms with E-state index >= 15 is 0 Å². The first kappa shape index (κ1) is 23.0. The summed E-state index contributed by atoms with van der Waals surface area (Å²) in [4.78, 5) is 39.5. The lowest BCUT2D eigenvalue weighted by Crippen LogP contribution is -2.48. The summed E-state index contributed by atoms with van der Waals surface area (Å²) in [5.41, 5.74) is 2.06. The maximum Gasteiger partial charge on any atom is 0.338 e. The van der Waals surface area contributed by atoms with Crippen molar-refractivity contribution in [2.24, 2.45) is 0 Å². The van der Waals surface area contributed by atoms with Crippen molar-refractivity contribution in [3.05, 3.63) is 76.7 Å². The summed E-state index contributed by atoms with van der Waals surface area (Å²) in [7, 11) is 0. The zero-order chi connectivity index (χ0) is 23.4. The SMILES string of the molecule is CCN1C(=O)NC(c2cccc(NC(=O)c3cccc(F)c3)c2)C(C(=O)OC(C)C)=C1C. The van der Waals surface area contributed by atoms with Gasteiger partial charge in [0.15, 0.2) is 0 Å². The zero-order valence-corrected chi connectivity index (χ0v) is 18.4. The van der Waals surface area contributed by atoms with Gasteiger partial charge in [-0.05, 0) is 63.6 Å². The van der Waals surface area contributed by atoms with Crippen LogP contribution in [-0.2, 0) is 9.53 Å². The number of carbonyl (C=O) groups is 3. The molecule has 0 aromatic heterocycles. The third-order valence-corrected chi connectivity index (χ3v) is 5.04. The minimum Gasteiger partial charge on any atom is -0.459 e. The molecule has 0 aliphatic carbocycles. The van der Waals surface area contributed by atoms with Crippen molar-refractivity contribution in [3.8, 4) is 0 Å². The summed E-state index contributed by atoms with van der Waals surface area (Å²) in [5, 5.41) is 5.58. The van der Waals surface area contributed by atoms with Gasteiger partial charge in [0.25, 0.3) is 5.91 Å². The average molecular weight is 439 g/mol. The van der Waals surface area contributed by atoms with E-state index < -0.39 is 23.7 Å². The number of hydrogen-bond donors (Lipinski definition) is 2. The van der Waals surface area contributed by atoms with Gasteiger partial charge in [-0.15, -0.1) is 0 Å². The van der Waals surface area contributed by atoms with Crippen LogP contribution in [-0.4, -0.2) is 35.5 Å². The van der Waals surface area contributed by atoms with Gasteiger partial charge in [-0.25, -0.2) is 14.0 Å². The molecule has 2 aromatic rings. The van der Waals surface area contributed by atoms with Gasteiger partial charge >= 0.3 is 12.0 Å². The Kier molecular flexibility index (Phi) is 6.92. The first-order chi connectivity index (χ1) is 15.2. The van der Waals surface area contributed by atoms with Gasteiger partial charge in [-0.2, -0.15) is 0 Å². The van der Waals surface area contributed by atoms with Crippen LogP contribution < -0.4 is 10.6 Å². The molecule has 1 heterocycles. The van der Waals surface area contributed by atoms with Crippen LogP contribution in [0, 0.1) is 5.82 Å². The van der Waals surface area contributed by atoms with Crippen molar-refractivity contribution in [2.75, 3.05) is 11.9 Å². The highest BCUT2D eigenvalue weighted by atomic mass is 19.1. The Bertz CT molecular complexity index is 1080. The molecule has 32 heavy (non-hydrogen) atoms. The van der Waals surface area contributed by atoms with Crippen LogP contribution in [0.2, 0.25) is 0 Å². The minimum atomic E-state index is -0.748. The van der Waals surface area contributed by atoms with Gasteiger partial charge in [0, 0.05) is 23.5 Å². The highest BCUT2D eigenvalue weighted by molar-refractivity contribution is 6.04. The van der Waals surface area contributed by atoms with E-state index in [0.29, 0.717) is 29.1 Å². The van der Waals surface area contributed by atoms with Gasteiger partial charge in [0.1, 0.15) is 5.82 Å². The quantitative estimate of drug-likeness (QED) is 0.654. The van der Waals surface area contributed by atoms with E-state index in [-0.39, 0.29) is 17.7 Å². The molecule has 0 bridgehead atoms. The smallest absolute Gasteiger partial charge is 0.338 e. The highest BCUT2D eigenvalue weighted by Gasteiger charge is 2.36. The number of rotatable bonds is 6. The number of esters is 1. The number of amides is 3. The molecule has 2 N–H and O–H groups in total. The number of allylic oxidation sites excluding steroid dienone is 1. The fourth-order valence-corrected chi connectivity index (χ4v) is 3.58. The maximum absolute atomic E-state index is 13.4. The number of urea groups is 1. The van der Waals surface area contributed by atoms with E-state index in [0.717, 1.165) is 6.07 Å². The Morgan fingerprint density at radius 3 is 2.56 bits per heavy atom. The molecule has 3 amide bonds. The normalized spacial score (nSPS) is 16.1. The molecule has 168 valence electrons. The first-order valence-electron chi connectivity index (χ1n) is 10.4. The average Bonchev–Trinajstić information content (AvgIpc) is 2.73. The van der Waals surface area contributed by atoms with Crippen LogP contribution in [0.5, 0.6) is 0 Å². The second-order valence-electron chi connectivity index (χ2n) is 7.67. The number of benzene rings is 2. The largest absolute Gasteiger partial charge is 0.459 e. The summed E-state index contributed by atoms with van der Waals surface area (Å²) in [6, 6.07) is 11.1. The van der Waals surface area contributed by atoms with Crippen molar-refractivity contribution in [1.82, 2.24) is 10.2 Å². The summed E-state index contributed by atoms with van der Waals surface area (Å²) < 4.78 is 18.9. The van der Waals surface area contributed by atoms with Crippen molar-refractivity contribution >= 4 is 23.6 Å². The fourth-order valence-electron chi connectivity index (χ4n) is 3.58. The summed E-state index contributed by atoms with van der Waals surface area (Å²) in [6.45, 7) is 7.43. The van der Waals surface area contributed by atoms with Crippen molar-refractivity contribution in [1.29, 1.82) is 0 Å². The van der Waals surface area contributed by atoms with Crippen LogP contribution in [0.1, 0.15) is 49.7 Å². The molecule has 0 fully saturated rings. The highest BCUT2D eigenvalue weighted by Crippen LogP contribution is 2.32. The summed E-state index contributed by atoms with van der Waals surface area (Å²) in [5.74, 6) is -1.50. The molecule has 1 aliphatic rings. The molecular formula is C24H26FN3O4. The molecule has 0 radical (unpaired) electrons. The van der Waals surface area contributed by atoms with Gasteiger partial charge in [0.2, 0.25) is 0 Å². The van der Waals surface area contributed by atoms with Gasteiger partial charge < -0.3 is 15.4 Å². The molecule has 1 aliphatic heterocycles. The second-order valence-corrected chi connectivity index (χ2v) is 7.67. The van der Waals surface area contributed by atoms with E-state index in [1.54, 1.807) is 45.0 Å². The lowest BCUT2D eigenvalue weighted by molar-refractivity contribution is -0.143. The number of carbonyl (C=O) groups excluding carboxylic acids is 3. The Labute approximate surface area is 186 Å². The second kappa shape index (κ2) is 9.64. The minimum absolute atomic E-state index is 0.178. The van der Waals surface area contributed by atoms with Crippen LogP contribution in [0.3, 0.4) is 0 Å². The van der Waals surface area contributed by atoms with Crippen LogP contribution >= 0.6 is 0 Å². The number of halogens is 1. The topological polar surface area (TPSA) is 87.7 Å². The summed E-state index contributed by atoms with van der Waals surface area (Å²) in [6.07, 6.45) is -0.326. The molecule has 2 aromatic carbocycles. The van der Waals surface area contributed by atoms with Crippen LogP contribution in [0.15, 0.2) is 59.8 Å². The summed E-state index contributed by atoms with van der Waals surface area (Å²) >= 11 is 0. The van der Waals surface area contributed by atoms with Gasteiger partial charge in [-0.1, -0.05) is 18.2 Å². The predicted molar refractivity (Wildman–Crippen MR) is 118 cm³/mol. The Morgan fingerprint density at radius 1 is 1.19 bits per heavy atom. The van der Waals surface area contributed by atoms with Gasteiger partial charge in [-0.3, -0.25) is 9.69 Å². The van der Waals surface area contributed by atoms with E-state index in [1.807, 2.05) is 6.92 Å². The third-order valence-electron chi connectivity index (χ3n) is 5.04. The van der Waals surface area contributed by atoms with Crippen molar-refractivity contribution in [3.63, 3.8) is 0 Å². The standard InChI is InChI=1S/C24H26FN3O4/c1-5-28-15(4)20(23(30)32-14(2)3)21(27-24(28)31)16-8-7-11-19(13-16)26-22(29)17-9-6-10-18(25)12-17/h6-14,21H,5H2,1-4H3,(H,26,29)(H,27,31). The maximum atomic E-state index is 13.4. The molecule has 3 rings (SSSR count). The number of ether oxygens (including phenoxy) is 1. The zero-order valence-electron chi connectivity index (χ0n) is 18.4. The molecule has 7 nitrogen and oxygen atoms in total. The monoisotopic (exact) mass is 439 g/mol.